The van der Waals surface area contributed by atoms with Crippen molar-refractivity contribution in [3.05, 3.63) is 0 Å². The first kappa shape index (κ1) is 23.0. The number of hydrogen-bond acceptors (Lipinski definition) is 3. The Bertz CT molecular complexity index is 366. The molecule has 0 aromatic heterocycles. The van der Waals surface area contributed by atoms with Crippen LogP contribution in [0.4, 0.5) is 0 Å². The first-order valence-corrected chi connectivity index (χ1v) is 8.66. The number of likely N-dealkylation sites (tertiary alicyclic amines) is 1. The molecule has 138 valence electrons. The van der Waals surface area contributed by atoms with Gasteiger partial charge in [-0.2, -0.15) is 0 Å². The van der Waals surface area contributed by atoms with Crippen LogP contribution in [0.3, 0.4) is 0 Å². The molecule has 2 rings (SSSR count). The standard InChI is InChI=1S/C17H33N3O.2ClH/c1-13-6-5-9-20(11-13)17(2,3)12-19-16(21)10-14-7-4-8-15(14)18;;/h13-15H,4-12,18H2,1-3H3,(H,19,21);2*1H/t13?,14-,15+;;/m0../s1. The number of piperidine rings is 1. The minimum atomic E-state index is 0. The van der Waals surface area contributed by atoms with Crippen LogP contribution in [-0.2, 0) is 4.79 Å². The molecule has 1 aliphatic heterocycles. The third-order valence-corrected chi connectivity index (χ3v) is 5.40. The third kappa shape index (κ3) is 6.77. The lowest BCUT2D eigenvalue weighted by molar-refractivity contribution is -0.122. The predicted molar refractivity (Wildman–Crippen MR) is 101 cm³/mol. The number of hydrogen-bond donors (Lipinski definition) is 2. The van der Waals surface area contributed by atoms with Gasteiger partial charge in [0.15, 0.2) is 0 Å². The van der Waals surface area contributed by atoms with Crippen LogP contribution in [0, 0.1) is 11.8 Å². The first-order valence-electron chi connectivity index (χ1n) is 8.66. The van der Waals surface area contributed by atoms with Gasteiger partial charge in [0.25, 0.3) is 0 Å². The van der Waals surface area contributed by atoms with Gasteiger partial charge in [0.1, 0.15) is 0 Å². The Labute approximate surface area is 154 Å². The number of carbonyl (C=O) groups is 1. The molecule has 4 nitrogen and oxygen atoms in total. The molecule has 1 unspecified atom stereocenters. The fraction of sp³-hybridized carbons (Fsp3) is 0.941. The van der Waals surface area contributed by atoms with E-state index in [-0.39, 0.29) is 42.3 Å². The Morgan fingerprint density at radius 2 is 1.91 bits per heavy atom. The van der Waals surface area contributed by atoms with Crippen LogP contribution < -0.4 is 11.1 Å². The molecule has 1 aliphatic carbocycles. The normalized spacial score (nSPS) is 28.6. The molecule has 3 atom stereocenters. The molecule has 23 heavy (non-hydrogen) atoms. The summed E-state index contributed by atoms with van der Waals surface area (Å²) < 4.78 is 0. The van der Waals surface area contributed by atoms with E-state index < -0.39 is 0 Å². The van der Waals surface area contributed by atoms with Crippen molar-refractivity contribution in [1.82, 2.24) is 10.2 Å². The van der Waals surface area contributed by atoms with Crippen LogP contribution >= 0.6 is 24.8 Å². The molecule has 2 fully saturated rings. The molecule has 6 heteroatoms. The SMILES string of the molecule is CC1CCCN(C(C)(C)CNC(=O)C[C@@H]2CCC[C@H]2N)C1.Cl.Cl. The number of carbonyl (C=O) groups excluding carboxylic acids is 1. The van der Waals surface area contributed by atoms with Crippen LogP contribution in [0.25, 0.3) is 0 Å². The second-order valence-corrected chi connectivity index (χ2v) is 7.84. The van der Waals surface area contributed by atoms with Crippen molar-refractivity contribution in [1.29, 1.82) is 0 Å². The van der Waals surface area contributed by atoms with Crippen molar-refractivity contribution in [3.8, 4) is 0 Å². The number of nitrogens with two attached hydrogens (primary N) is 1. The lowest BCUT2D eigenvalue weighted by Gasteiger charge is -2.43. The summed E-state index contributed by atoms with van der Waals surface area (Å²) in [7, 11) is 0. The molecule has 1 heterocycles. The second kappa shape index (κ2) is 10.1. The molecule has 2 aliphatic rings. The Morgan fingerprint density at radius 3 is 2.48 bits per heavy atom. The van der Waals surface area contributed by atoms with E-state index in [0.717, 1.165) is 38.4 Å². The smallest absolute Gasteiger partial charge is 0.220 e. The molecule has 1 saturated carbocycles. The van der Waals surface area contributed by atoms with Crippen molar-refractivity contribution in [3.63, 3.8) is 0 Å². The van der Waals surface area contributed by atoms with Crippen LogP contribution in [0.1, 0.15) is 59.3 Å². The predicted octanol–water partition coefficient (Wildman–Crippen LogP) is 2.97. The van der Waals surface area contributed by atoms with E-state index in [9.17, 15) is 4.79 Å². The van der Waals surface area contributed by atoms with Crippen LogP contribution in [0.15, 0.2) is 0 Å². The van der Waals surface area contributed by atoms with E-state index >= 15 is 0 Å². The maximum Gasteiger partial charge on any atom is 0.220 e. The van der Waals surface area contributed by atoms with Crippen molar-refractivity contribution in [2.24, 2.45) is 17.6 Å². The second-order valence-electron chi connectivity index (χ2n) is 7.84. The van der Waals surface area contributed by atoms with Crippen molar-refractivity contribution >= 4 is 30.7 Å². The summed E-state index contributed by atoms with van der Waals surface area (Å²) in [5.41, 5.74) is 6.10. The molecule has 0 spiro atoms. The van der Waals surface area contributed by atoms with E-state index in [1.807, 2.05) is 0 Å². The summed E-state index contributed by atoms with van der Waals surface area (Å²) in [4.78, 5) is 14.7. The third-order valence-electron chi connectivity index (χ3n) is 5.40. The fourth-order valence-corrected chi connectivity index (χ4v) is 3.80. The number of amides is 1. The highest BCUT2D eigenvalue weighted by Gasteiger charge is 2.31. The zero-order chi connectivity index (χ0) is 15.5. The number of halogens is 2. The number of rotatable bonds is 5. The largest absolute Gasteiger partial charge is 0.354 e. The highest BCUT2D eigenvalue weighted by atomic mass is 35.5. The zero-order valence-electron chi connectivity index (χ0n) is 14.8. The van der Waals surface area contributed by atoms with Crippen molar-refractivity contribution < 1.29 is 4.79 Å². The van der Waals surface area contributed by atoms with Gasteiger partial charge in [-0.15, -0.1) is 24.8 Å². The fourth-order valence-electron chi connectivity index (χ4n) is 3.80. The molecular formula is C17H35Cl2N3O. The molecular weight excluding hydrogens is 333 g/mol. The minimum absolute atomic E-state index is 0. The van der Waals surface area contributed by atoms with E-state index in [1.54, 1.807) is 0 Å². The maximum atomic E-state index is 12.2. The minimum Gasteiger partial charge on any atom is -0.354 e. The van der Waals surface area contributed by atoms with Crippen LogP contribution in [0.5, 0.6) is 0 Å². The van der Waals surface area contributed by atoms with Gasteiger partial charge in [0.2, 0.25) is 5.91 Å². The van der Waals surface area contributed by atoms with Crippen molar-refractivity contribution in [2.75, 3.05) is 19.6 Å². The Balaban J connectivity index is 0.00000242. The maximum absolute atomic E-state index is 12.2. The van der Waals surface area contributed by atoms with Gasteiger partial charge in [0, 0.05) is 31.1 Å². The average molecular weight is 368 g/mol. The molecule has 1 amide bonds. The lowest BCUT2D eigenvalue weighted by atomic mass is 9.93. The monoisotopic (exact) mass is 367 g/mol. The van der Waals surface area contributed by atoms with Gasteiger partial charge in [0.05, 0.1) is 0 Å². The molecule has 1 saturated heterocycles. The van der Waals surface area contributed by atoms with E-state index in [2.05, 4.69) is 31.0 Å². The van der Waals surface area contributed by atoms with Gasteiger partial charge in [-0.3, -0.25) is 9.69 Å². The lowest BCUT2D eigenvalue weighted by Crippen LogP contribution is -2.54. The first-order chi connectivity index (χ1) is 9.88. The van der Waals surface area contributed by atoms with Crippen LogP contribution in [0.2, 0.25) is 0 Å². The summed E-state index contributed by atoms with van der Waals surface area (Å²) in [6, 6.07) is 0.228. The highest BCUT2D eigenvalue weighted by molar-refractivity contribution is 5.85. The Morgan fingerprint density at radius 1 is 1.22 bits per heavy atom. The van der Waals surface area contributed by atoms with Crippen LogP contribution in [-0.4, -0.2) is 42.0 Å². The quantitative estimate of drug-likeness (QED) is 0.784. The molecule has 3 N–H and O–H groups in total. The summed E-state index contributed by atoms with van der Waals surface area (Å²) in [6.45, 7) is 9.85. The average Bonchev–Trinajstić information content (AvgIpc) is 2.82. The van der Waals surface area contributed by atoms with Gasteiger partial charge in [-0.05, 0) is 57.9 Å². The van der Waals surface area contributed by atoms with E-state index in [1.165, 1.54) is 19.3 Å². The summed E-state index contributed by atoms with van der Waals surface area (Å²) in [6.07, 6.45) is 6.58. The van der Waals surface area contributed by atoms with Crippen molar-refractivity contribution in [2.45, 2.75) is 70.9 Å². The topological polar surface area (TPSA) is 58.4 Å². The van der Waals surface area contributed by atoms with Gasteiger partial charge in [-0.1, -0.05) is 13.3 Å². The molecule has 0 bridgehead atoms. The highest BCUT2D eigenvalue weighted by Crippen LogP contribution is 2.27. The Kier molecular flexibility index (Phi) is 10.1. The number of nitrogens with zero attached hydrogens (tertiary/aromatic N) is 1. The number of nitrogens with one attached hydrogen (secondary N) is 1. The summed E-state index contributed by atoms with van der Waals surface area (Å²) >= 11 is 0. The van der Waals surface area contributed by atoms with E-state index in [0.29, 0.717) is 12.3 Å². The molecule has 0 aromatic carbocycles. The van der Waals surface area contributed by atoms with E-state index in [4.69, 9.17) is 5.73 Å². The Hall–Kier alpha value is -0.0300. The zero-order valence-corrected chi connectivity index (χ0v) is 16.5. The summed E-state index contributed by atoms with van der Waals surface area (Å²) in [5, 5.41) is 3.15. The molecule has 0 aromatic rings. The van der Waals surface area contributed by atoms with Gasteiger partial charge in [-0.25, -0.2) is 0 Å². The summed E-state index contributed by atoms with van der Waals surface area (Å²) in [5.74, 6) is 1.34. The molecule has 0 radical (unpaired) electrons. The van der Waals surface area contributed by atoms with Gasteiger partial charge >= 0.3 is 0 Å². The van der Waals surface area contributed by atoms with Gasteiger partial charge < -0.3 is 11.1 Å².